The minimum atomic E-state index is 0.168. The number of rotatable bonds is 1. The van der Waals surface area contributed by atoms with Gasteiger partial charge in [-0.2, -0.15) is 0 Å². The minimum absolute atomic E-state index is 0.168. The van der Waals surface area contributed by atoms with Gasteiger partial charge in [0.25, 0.3) is 0 Å². The summed E-state index contributed by atoms with van der Waals surface area (Å²) >= 11 is 0. The van der Waals surface area contributed by atoms with Crippen molar-refractivity contribution >= 4 is 5.78 Å². The van der Waals surface area contributed by atoms with Crippen LogP contribution in [0, 0.1) is 5.92 Å². The molecule has 0 saturated carbocycles. The van der Waals surface area contributed by atoms with Crippen molar-refractivity contribution < 1.29 is 4.79 Å². The van der Waals surface area contributed by atoms with Crippen molar-refractivity contribution in [3.63, 3.8) is 0 Å². The van der Waals surface area contributed by atoms with E-state index >= 15 is 0 Å². The number of hydrogen-bond donors (Lipinski definition) is 0. The summed E-state index contributed by atoms with van der Waals surface area (Å²) in [6.07, 6.45) is 1.23. The molecule has 1 heteroatoms. The maximum absolute atomic E-state index is 11.4. The first-order valence-electron chi connectivity index (χ1n) is 6.15. The molecular weight excluding hydrogens is 196 g/mol. The van der Waals surface area contributed by atoms with Crippen LogP contribution in [0.5, 0.6) is 0 Å². The van der Waals surface area contributed by atoms with E-state index in [1.54, 1.807) is 6.92 Å². The maximum Gasteiger partial charge on any atom is 0.159 e. The van der Waals surface area contributed by atoms with E-state index in [2.05, 4.69) is 32.9 Å². The monoisotopic (exact) mass is 216 g/mol. The highest BCUT2D eigenvalue weighted by atomic mass is 16.1. The van der Waals surface area contributed by atoms with Gasteiger partial charge >= 0.3 is 0 Å². The number of carbonyl (C=O) groups excluding carboxylic acids is 1. The van der Waals surface area contributed by atoms with E-state index in [1.165, 1.54) is 17.5 Å². The predicted molar refractivity (Wildman–Crippen MR) is 67.1 cm³/mol. The van der Waals surface area contributed by atoms with Gasteiger partial charge < -0.3 is 0 Å². The van der Waals surface area contributed by atoms with E-state index in [0.717, 1.165) is 11.5 Å². The van der Waals surface area contributed by atoms with Gasteiger partial charge in [0.1, 0.15) is 0 Å². The Kier molecular flexibility index (Phi) is 2.88. The summed E-state index contributed by atoms with van der Waals surface area (Å²) in [7, 11) is 0. The second-order valence-corrected chi connectivity index (χ2v) is 5.30. The molecule has 0 radical (unpaired) electrons. The summed E-state index contributed by atoms with van der Waals surface area (Å²) in [6, 6.07) is 6.23. The van der Waals surface area contributed by atoms with E-state index in [9.17, 15) is 4.79 Å². The second-order valence-electron chi connectivity index (χ2n) is 5.30. The number of carbonyl (C=O) groups is 1. The molecule has 1 aromatic rings. The molecule has 86 valence electrons. The van der Waals surface area contributed by atoms with Crippen LogP contribution in [0.15, 0.2) is 18.2 Å². The SMILES string of the molecule is CC(=O)c1ccc2c(c1)C(C)CC(C)C2C. The van der Waals surface area contributed by atoms with Crippen molar-refractivity contribution in [3.05, 3.63) is 34.9 Å². The highest BCUT2D eigenvalue weighted by Crippen LogP contribution is 2.42. The number of ketones is 1. The van der Waals surface area contributed by atoms with Crippen LogP contribution in [0.1, 0.15) is 67.4 Å². The van der Waals surface area contributed by atoms with E-state index in [1.807, 2.05) is 6.07 Å². The zero-order valence-electron chi connectivity index (χ0n) is 10.6. The molecule has 0 aromatic heterocycles. The molecule has 16 heavy (non-hydrogen) atoms. The quantitative estimate of drug-likeness (QED) is 0.645. The van der Waals surface area contributed by atoms with Gasteiger partial charge in [-0.05, 0) is 48.3 Å². The number of benzene rings is 1. The fraction of sp³-hybridized carbons (Fsp3) is 0.533. The second kappa shape index (κ2) is 4.04. The highest BCUT2D eigenvalue weighted by molar-refractivity contribution is 5.94. The Bertz CT molecular complexity index is 419. The molecule has 2 rings (SSSR count). The number of hydrogen-bond acceptors (Lipinski definition) is 1. The number of fused-ring (bicyclic) bond motifs is 1. The maximum atomic E-state index is 11.4. The molecule has 1 aromatic carbocycles. The van der Waals surface area contributed by atoms with Crippen LogP contribution in [0.3, 0.4) is 0 Å². The molecule has 3 unspecified atom stereocenters. The van der Waals surface area contributed by atoms with Crippen LogP contribution in [0.2, 0.25) is 0 Å². The third-order valence-electron chi connectivity index (χ3n) is 4.09. The lowest BCUT2D eigenvalue weighted by atomic mass is 9.72. The summed E-state index contributed by atoms with van der Waals surface area (Å²) in [5, 5.41) is 0. The molecular formula is C15H20O. The molecule has 0 spiro atoms. The lowest BCUT2D eigenvalue weighted by Crippen LogP contribution is -2.19. The molecule has 0 N–H and O–H groups in total. The smallest absolute Gasteiger partial charge is 0.159 e. The molecule has 0 fully saturated rings. The summed E-state index contributed by atoms with van der Waals surface area (Å²) in [4.78, 5) is 11.4. The van der Waals surface area contributed by atoms with Crippen LogP contribution in [0.4, 0.5) is 0 Å². The van der Waals surface area contributed by atoms with Gasteiger partial charge in [0.05, 0.1) is 0 Å². The zero-order chi connectivity index (χ0) is 11.9. The standard InChI is InChI=1S/C15H20O/c1-9-7-10(2)15-8-13(12(4)16)5-6-14(15)11(9)3/h5-6,8-11H,7H2,1-4H3. The Labute approximate surface area is 97.9 Å². The molecule has 0 amide bonds. The van der Waals surface area contributed by atoms with Gasteiger partial charge in [0, 0.05) is 5.56 Å². The van der Waals surface area contributed by atoms with Gasteiger partial charge in [-0.3, -0.25) is 4.79 Å². The van der Waals surface area contributed by atoms with Crippen molar-refractivity contribution in [2.45, 2.75) is 46.0 Å². The van der Waals surface area contributed by atoms with Crippen LogP contribution >= 0.6 is 0 Å². The molecule has 3 atom stereocenters. The van der Waals surface area contributed by atoms with Gasteiger partial charge in [-0.25, -0.2) is 0 Å². The first-order valence-corrected chi connectivity index (χ1v) is 6.15. The van der Waals surface area contributed by atoms with Crippen LogP contribution in [-0.4, -0.2) is 5.78 Å². The van der Waals surface area contributed by atoms with Gasteiger partial charge in [-0.1, -0.05) is 32.9 Å². The summed E-state index contributed by atoms with van der Waals surface area (Å²) < 4.78 is 0. The Morgan fingerprint density at radius 3 is 2.50 bits per heavy atom. The summed E-state index contributed by atoms with van der Waals surface area (Å²) in [5.74, 6) is 2.11. The van der Waals surface area contributed by atoms with Crippen molar-refractivity contribution in [2.75, 3.05) is 0 Å². The van der Waals surface area contributed by atoms with E-state index in [0.29, 0.717) is 11.8 Å². The van der Waals surface area contributed by atoms with Gasteiger partial charge in [0.15, 0.2) is 5.78 Å². The third-order valence-corrected chi connectivity index (χ3v) is 4.09. The lowest BCUT2D eigenvalue weighted by molar-refractivity contribution is 0.101. The van der Waals surface area contributed by atoms with E-state index < -0.39 is 0 Å². The van der Waals surface area contributed by atoms with E-state index in [-0.39, 0.29) is 5.78 Å². The largest absolute Gasteiger partial charge is 0.295 e. The Morgan fingerprint density at radius 2 is 1.88 bits per heavy atom. The zero-order valence-corrected chi connectivity index (χ0v) is 10.6. The van der Waals surface area contributed by atoms with Crippen molar-refractivity contribution in [3.8, 4) is 0 Å². The fourth-order valence-corrected chi connectivity index (χ4v) is 2.83. The summed E-state index contributed by atoms with van der Waals surface area (Å²) in [6.45, 7) is 8.53. The highest BCUT2D eigenvalue weighted by Gasteiger charge is 2.27. The van der Waals surface area contributed by atoms with Gasteiger partial charge in [-0.15, -0.1) is 0 Å². The Balaban J connectivity index is 2.50. The lowest BCUT2D eigenvalue weighted by Gasteiger charge is -2.33. The first kappa shape index (κ1) is 11.4. The molecule has 0 heterocycles. The molecule has 1 aliphatic carbocycles. The van der Waals surface area contributed by atoms with Crippen molar-refractivity contribution in [2.24, 2.45) is 5.92 Å². The molecule has 1 aliphatic rings. The van der Waals surface area contributed by atoms with Crippen LogP contribution < -0.4 is 0 Å². The fourth-order valence-electron chi connectivity index (χ4n) is 2.83. The third kappa shape index (κ3) is 1.79. The average molecular weight is 216 g/mol. The molecule has 0 aliphatic heterocycles. The Hall–Kier alpha value is -1.11. The van der Waals surface area contributed by atoms with Gasteiger partial charge in [0.2, 0.25) is 0 Å². The average Bonchev–Trinajstić information content (AvgIpc) is 2.25. The van der Waals surface area contributed by atoms with Crippen molar-refractivity contribution in [1.82, 2.24) is 0 Å². The first-order chi connectivity index (χ1) is 7.50. The molecule has 0 saturated heterocycles. The number of Topliss-reactive ketones (excluding diaryl/α,β-unsaturated/α-hetero) is 1. The summed E-state index contributed by atoms with van der Waals surface area (Å²) in [5.41, 5.74) is 3.68. The van der Waals surface area contributed by atoms with Crippen LogP contribution in [0.25, 0.3) is 0 Å². The molecule has 1 nitrogen and oxygen atoms in total. The van der Waals surface area contributed by atoms with Crippen LogP contribution in [-0.2, 0) is 0 Å². The minimum Gasteiger partial charge on any atom is -0.295 e. The van der Waals surface area contributed by atoms with Crippen molar-refractivity contribution in [1.29, 1.82) is 0 Å². The topological polar surface area (TPSA) is 17.1 Å². The molecule has 0 bridgehead atoms. The predicted octanol–water partition coefficient (Wildman–Crippen LogP) is 4.14. The Morgan fingerprint density at radius 1 is 1.19 bits per heavy atom. The normalized spacial score (nSPS) is 28.6. The van der Waals surface area contributed by atoms with E-state index in [4.69, 9.17) is 0 Å².